The largest absolute Gasteiger partial charge is 0.349 e. The van der Waals surface area contributed by atoms with E-state index in [1.165, 1.54) is 4.90 Å². The van der Waals surface area contributed by atoms with Crippen LogP contribution < -0.4 is 5.32 Å². The monoisotopic (exact) mass is 488 g/mol. The van der Waals surface area contributed by atoms with Crippen molar-refractivity contribution in [2.75, 3.05) is 19.4 Å². The second-order valence-electron chi connectivity index (χ2n) is 7.38. The van der Waals surface area contributed by atoms with Gasteiger partial charge in [-0.05, 0) is 43.2 Å². The third kappa shape index (κ3) is 4.82. The normalized spacial score (nSPS) is 18.0. The maximum absolute atomic E-state index is 13.1. The number of amides is 2. The number of nitrogens with one attached hydrogen (secondary N) is 1. The summed E-state index contributed by atoms with van der Waals surface area (Å²) < 4.78 is 0.706. The zero-order valence-corrected chi connectivity index (χ0v) is 19.0. The predicted octanol–water partition coefficient (Wildman–Crippen LogP) is 4.94. The quantitative estimate of drug-likeness (QED) is 0.478. The van der Waals surface area contributed by atoms with Crippen LogP contribution in [0.25, 0.3) is 0 Å². The van der Waals surface area contributed by atoms with Gasteiger partial charge in [0.15, 0.2) is 5.78 Å². The number of hydrogen-bond acceptors (Lipinski definition) is 3. The summed E-state index contributed by atoms with van der Waals surface area (Å²) in [5.41, 5.74) is 1.07. The molecule has 5 nitrogen and oxygen atoms in total. The van der Waals surface area contributed by atoms with Crippen molar-refractivity contribution in [1.29, 1.82) is 0 Å². The fraction of sp³-hybridized carbons (Fsp3) is 0.261. The second-order valence-corrected chi connectivity index (χ2v) is 8.70. The third-order valence-corrected chi connectivity index (χ3v) is 5.95. The molecule has 0 saturated carbocycles. The Labute approximate surface area is 189 Å². The molecule has 1 N–H and O–H groups in total. The maximum atomic E-state index is 13.1. The van der Waals surface area contributed by atoms with Crippen molar-refractivity contribution in [2.45, 2.75) is 12.8 Å². The number of allylic oxidation sites excluding steroid dienone is 2. The van der Waals surface area contributed by atoms with Crippen LogP contribution in [0.4, 0.5) is 5.69 Å². The lowest BCUT2D eigenvalue weighted by Gasteiger charge is -2.29. The van der Waals surface area contributed by atoms with Crippen LogP contribution in [0.2, 0.25) is 5.02 Å². The van der Waals surface area contributed by atoms with Gasteiger partial charge in [0, 0.05) is 29.7 Å². The summed E-state index contributed by atoms with van der Waals surface area (Å²) in [7, 11) is 3.37. The van der Waals surface area contributed by atoms with Crippen molar-refractivity contribution in [3.63, 3.8) is 0 Å². The Morgan fingerprint density at radius 1 is 1.00 bits per heavy atom. The SMILES string of the molecule is CN(C)C(=O)C1CC=CCC1C(=O)Nc1ccc(Br)cc1C(=O)c1ccccc1Cl. The van der Waals surface area contributed by atoms with Crippen molar-refractivity contribution < 1.29 is 14.4 Å². The van der Waals surface area contributed by atoms with E-state index in [-0.39, 0.29) is 17.6 Å². The van der Waals surface area contributed by atoms with Gasteiger partial charge in [-0.3, -0.25) is 14.4 Å². The van der Waals surface area contributed by atoms with Crippen LogP contribution >= 0.6 is 27.5 Å². The first-order valence-electron chi connectivity index (χ1n) is 9.55. The Morgan fingerprint density at radius 2 is 1.67 bits per heavy atom. The lowest BCUT2D eigenvalue weighted by atomic mass is 9.81. The summed E-state index contributed by atoms with van der Waals surface area (Å²) in [6, 6.07) is 11.9. The molecule has 0 aromatic heterocycles. The van der Waals surface area contributed by atoms with Gasteiger partial charge in [-0.25, -0.2) is 0 Å². The number of carbonyl (C=O) groups excluding carboxylic acids is 3. The first kappa shape index (κ1) is 22.2. The summed E-state index contributed by atoms with van der Waals surface area (Å²) >= 11 is 9.59. The Hall–Kier alpha value is -2.44. The molecule has 7 heteroatoms. The maximum Gasteiger partial charge on any atom is 0.228 e. The molecule has 2 unspecified atom stereocenters. The number of hydrogen-bond donors (Lipinski definition) is 1. The van der Waals surface area contributed by atoms with Gasteiger partial charge in [0.1, 0.15) is 0 Å². The van der Waals surface area contributed by atoms with E-state index < -0.39 is 11.8 Å². The van der Waals surface area contributed by atoms with Gasteiger partial charge < -0.3 is 10.2 Å². The van der Waals surface area contributed by atoms with Gasteiger partial charge >= 0.3 is 0 Å². The number of anilines is 1. The number of carbonyl (C=O) groups is 3. The predicted molar refractivity (Wildman–Crippen MR) is 122 cm³/mol. The Balaban J connectivity index is 1.91. The molecule has 0 aliphatic heterocycles. The number of benzene rings is 2. The molecule has 2 atom stereocenters. The molecular weight excluding hydrogens is 468 g/mol. The highest BCUT2D eigenvalue weighted by Crippen LogP contribution is 2.31. The lowest BCUT2D eigenvalue weighted by molar-refractivity contribution is -0.138. The molecular formula is C23H22BrClN2O3. The van der Waals surface area contributed by atoms with E-state index in [2.05, 4.69) is 21.2 Å². The van der Waals surface area contributed by atoms with Gasteiger partial charge in [-0.15, -0.1) is 0 Å². The fourth-order valence-electron chi connectivity index (χ4n) is 3.54. The standard InChI is InChI=1S/C23H22BrClN2O3/c1-27(2)23(30)16-8-4-3-7-15(16)22(29)26-20-12-11-14(24)13-18(20)21(28)17-9-5-6-10-19(17)25/h3-6,9-13,15-16H,7-8H2,1-2H3,(H,26,29). The minimum Gasteiger partial charge on any atom is -0.349 e. The molecule has 0 bridgehead atoms. The third-order valence-electron chi connectivity index (χ3n) is 5.13. The van der Waals surface area contributed by atoms with Crippen LogP contribution in [0.15, 0.2) is 59.1 Å². The zero-order valence-electron chi connectivity index (χ0n) is 16.7. The van der Waals surface area contributed by atoms with E-state index >= 15 is 0 Å². The summed E-state index contributed by atoms with van der Waals surface area (Å²) in [5, 5.41) is 3.21. The molecule has 1 aliphatic carbocycles. The van der Waals surface area contributed by atoms with E-state index in [4.69, 9.17) is 11.6 Å². The average molecular weight is 490 g/mol. The highest BCUT2D eigenvalue weighted by molar-refractivity contribution is 9.10. The van der Waals surface area contributed by atoms with Gasteiger partial charge in [-0.2, -0.15) is 0 Å². The molecule has 0 saturated heterocycles. The van der Waals surface area contributed by atoms with E-state index in [0.717, 1.165) is 0 Å². The molecule has 3 rings (SSSR count). The van der Waals surface area contributed by atoms with Gasteiger partial charge in [0.05, 0.1) is 22.5 Å². The zero-order chi connectivity index (χ0) is 21.8. The van der Waals surface area contributed by atoms with Crippen molar-refractivity contribution >= 4 is 50.8 Å². The van der Waals surface area contributed by atoms with Crippen molar-refractivity contribution in [3.8, 4) is 0 Å². The Kier molecular flexibility index (Phi) is 7.10. The number of nitrogens with zero attached hydrogens (tertiary/aromatic N) is 1. The van der Waals surface area contributed by atoms with Crippen molar-refractivity contribution in [3.05, 3.63) is 75.2 Å². The molecule has 0 radical (unpaired) electrons. The highest BCUT2D eigenvalue weighted by atomic mass is 79.9. The first-order valence-corrected chi connectivity index (χ1v) is 10.7. The van der Waals surface area contributed by atoms with Gasteiger partial charge in [0.2, 0.25) is 11.8 Å². The molecule has 0 spiro atoms. The van der Waals surface area contributed by atoms with Crippen LogP contribution in [0.5, 0.6) is 0 Å². The topological polar surface area (TPSA) is 66.5 Å². The molecule has 1 aliphatic rings. The molecule has 2 aromatic rings. The van der Waals surface area contributed by atoms with Crippen LogP contribution in [0.1, 0.15) is 28.8 Å². The molecule has 0 heterocycles. The average Bonchev–Trinajstić information content (AvgIpc) is 2.74. The van der Waals surface area contributed by atoms with E-state index in [1.54, 1.807) is 56.6 Å². The number of rotatable bonds is 5. The van der Waals surface area contributed by atoms with Crippen LogP contribution in [-0.2, 0) is 9.59 Å². The summed E-state index contributed by atoms with van der Waals surface area (Å²) in [6.45, 7) is 0. The van der Waals surface area contributed by atoms with Crippen LogP contribution in [0.3, 0.4) is 0 Å². The Bertz CT molecular complexity index is 1020. The van der Waals surface area contributed by atoms with Crippen LogP contribution in [0, 0.1) is 11.8 Å². The first-order chi connectivity index (χ1) is 14.3. The highest BCUT2D eigenvalue weighted by Gasteiger charge is 2.35. The van der Waals surface area contributed by atoms with E-state index in [9.17, 15) is 14.4 Å². The molecule has 0 fully saturated rings. The number of ketones is 1. The van der Waals surface area contributed by atoms with E-state index in [1.807, 2.05) is 12.2 Å². The van der Waals surface area contributed by atoms with Gasteiger partial charge in [-0.1, -0.05) is 51.8 Å². The molecule has 2 amide bonds. The smallest absolute Gasteiger partial charge is 0.228 e. The summed E-state index contributed by atoms with van der Waals surface area (Å²) in [4.78, 5) is 40.3. The van der Waals surface area contributed by atoms with E-state index in [0.29, 0.717) is 39.2 Å². The molecule has 2 aromatic carbocycles. The minimum absolute atomic E-state index is 0.0809. The lowest BCUT2D eigenvalue weighted by Crippen LogP contribution is -2.40. The Morgan fingerprint density at radius 3 is 2.33 bits per heavy atom. The van der Waals surface area contributed by atoms with Crippen LogP contribution in [-0.4, -0.2) is 36.6 Å². The summed E-state index contributed by atoms with van der Waals surface area (Å²) in [6.07, 6.45) is 4.84. The van der Waals surface area contributed by atoms with Crippen molar-refractivity contribution in [1.82, 2.24) is 4.90 Å². The summed E-state index contributed by atoms with van der Waals surface area (Å²) in [5.74, 6) is -1.58. The fourth-order valence-corrected chi connectivity index (χ4v) is 4.12. The van der Waals surface area contributed by atoms with Crippen molar-refractivity contribution in [2.24, 2.45) is 11.8 Å². The minimum atomic E-state index is -0.503. The number of halogens is 2. The molecule has 156 valence electrons. The van der Waals surface area contributed by atoms with Gasteiger partial charge in [0.25, 0.3) is 0 Å². The molecule has 30 heavy (non-hydrogen) atoms. The second kappa shape index (κ2) is 9.58.